The van der Waals surface area contributed by atoms with E-state index in [-0.39, 0.29) is 11.2 Å². The quantitative estimate of drug-likeness (QED) is 0.710. The van der Waals surface area contributed by atoms with Crippen LogP contribution in [0.3, 0.4) is 0 Å². The van der Waals surface area contributed by atoms with Crippen molar-refractivity contribution in [1.82, 2.24) is 15.1 Å². The van der Waals surface area contributed by atoms with Gasteiger partial charge in [-0.2, -0.15) is 13.2 Å². The van der Waals surface area contributed by atoms with Crippen molar-refractivity contribution in [3.05, 3.63) is 32.7 Å². The molecule has 140 valence electrons. The summed E-state index contributed by atoms with van der Waals surface area (Å²) in [6.45, 7) is 1.43. The van der Waals surface area contributed by atoms with Gasteiger partial charge in [-0.05, 0) is 18.2 Å². The van der Waals surface area contributed by atoms with Crippen LogP contribution in [0.5, 0.6) is 0 Å². The van der Waals surface area contributed by atoms with Crippen LogP contribution in [0, 0.1) is 0 Å². The molecular weight excluding hydrogens is 459 g/mol. The van der Waals surface area contributed by atoms with Gasteiger partial charge in [-0.25, -0.2) is 4.79 Å². The van der Waals surface area contributed by atoms with Crippen LogP contribution in [0.4, 0.5) is 28.8 Å². The Balaban J connectivity index is 1.58. The van der Waals surface area contributed by atoms with Crippen molar-refractivity contribution < 1.29 is 18.0 Å². The second-order valence-corrected chi connectivity index (χ2v) is 7.69. The number of urea groups is 1. The zero-order valence-electron chi connectivity index (χ0n) is 13.1. The van der Waals surface area contributed by atoms with E-state index in [2.05, 4.69) is 31.4 Å². The van der Waals surface area contributed by atoms with Crippen LogP contribution in [-0.2, 0) is 6.18 Å². The molecule has 0 unspecified atom stereocenters. The molecule has 1 saturated heterocycles. The molecule has 2 amide bonds. The Kier molecular flexibility index (Phi) is 5.58. The monoisotopic (exact) mass is 469 g/mol. The van der Waals surface area contributed by atoms with Crippen molar-refractivity contribution in [3.63, 3.8) is 0 Å². The SMILES string of the molecule is O=C(Nc1ccc(Br)cc1Cl)N1CCN(c2nnc(C(F)(F)F)s2)CC1. The van der Waals surface area contributed by atoms with Crippen LogP contribution in [0.25, 0.3) is 0 Å². The number of hydrogen-bond donors (Lipinski definition) is 1. The third kappa shape index (κ3) is 4.38. The van der Waals surface area contributed by atoms with Crippen molar-refractivity contribution in [2.45, 2.75) is 6.18 Å². The van der Waals surface area contributed by atoms with E-state index in [1.165, 1.54) is 0 Å². The highest BCUT2D eigenvalue weighted by Crippen LogP contribution is 2.34. The summed E-state index contributed by atoms with van der Waals surface area (Å²) in [5.74, 6) is 0. The van der Waals surface area contributed by atoms with Crippen LogP contribution >= 0.6 is 38.9 Å². The molecule has 0 bridgehead atoms. The van der Waals surface area contributed by atoms with Gasteiger partial charge in [0, 0.05) is 30.7 Å². The molecule has 0 saturated carbocycles. The van der Waals surface area contributed by atoms with Crippen LogP contribution in [0.2, 0.25) is 5.02 Å². The van der Waals surface area contributed by atoms with Gasteiger partial charge in [-0.15, -0.1) is 10.2 Å². The molecule has 6 nitrogen and oxygen atoms in total. The molecular formula is C14H12BrClF3N5OS. The molecule has 1 aliphatic heterocycles. The number of aromatic nitrogens is 2. The Bertz CT molecular complexity index is 810. The molecule has 0 radical (unpaired) electrons. The van der Waals surface area contributed by atoms with Gasteiger partial charge in [0.25, 0.3) is 0 Å². The van der Waals surface area contributed by atoms with Gasteiger partial charge < -0.3 is 15.1 Å². The molecule has 1 aromatic heterocycles. The topological polar surface area (TPSA) is 61.4 Å². The maximum Gasteiger partial charge on any atom is 0.445 e. The maximum atomic E-state index is 12.6. The fourth-order valence-corrected chi connectivity index (χ4v) is 3.83. The molecule has 0 spiro atoms. The van der Waals surface area contributed by atoms with Crippen LogP contribution in [-0.4, -0.2) is 47.3 Å². The molecule has 2 aromatic rings. The molecule has 0 aliphatic carbocycles. The number of hydrogen-bond acceptors (Lipinski definition) is 5. The van der Waals surface area contributed by atoms with Gasteiger partial charge in [-0.3, -0.25) is 0 Å². The van der Waals surface area contributed by atoms with Gasteiger partial charge in [0.1, 0.15) is 0 Å². The first kappa shape index (κ1) is 19.2. The third-order valence-electron chi connectivity index (χ3n) is 3.67. The molecule has 12 heteroatoms. The molecule has 26 heavy (non-hydrogen) atoms. The van der Waals surface area contributed by atoms with Crippen LogP contribution < -0.4 is 10.2 Å². The summed E-state index contributed by atoms with van der Waals surface area (Å²) in [5.41, 5.74) is 0.487. The Hall–Kier alpha value is -1.59. The Morgan fingerprint density at radius 3 is 2.50 bits per heavy atom. The van der Waals surface area contributed by atoms with Crippen molar-refractivity contribution in [2.24, 2.45) is 0 Å². The number of rotatable bonds is 2. The number of halogens is 5. The highest BCUT2D eigenvalue weighted by Gasteiger charge is 2.36. The fraction of sp³-hybridized carbons (Fsp3) is 0.357. The minimum atomic E-state index is -4.50. The summed E-state index contributed by atoms with van der Waals surface area (Å²) >= 11 is 9.87. The summed E-state index contributed by atoms with van der Waals surface area (Å²) in [4.78, 5) is 15.6. The van der Waals surface area contributed by atoms with Gasteiger partial charge in [-0.1, -0.05) is 38.9 Å². The minimum absolute atomic E-state index is 0.202. The number of amides is 2. The lowest BCUT2D eigenvalue weighted by Crippen LogP contribution is -2.50. The minimum Gasteiger partial charge on any atom is -0.343 e. The lowest BCUT2D eigenvalue weighted by Gasteiger charge is -2.34. The molecule has 3 rings (SSSR count). The van der Waals surface area contributed by atoms with Crippen molar-refractivity contribution >= 4 is 55.7 Å². The van der Waals surface area contributed by atoms with E-state index in [0.29, 0.717) is 48.2 Å². The van der Waals surface area contributed by atoms with E-state index in [1.807, 2.05) is 0 Å². The summed E-state index contributed by atoms with van der Waals surface area (Å²) < 4.78 is 38.6. The third-order valence-corrected chi connectivity index (χ3v) is 5.50. The van der Waals surface area contributed by atoms with E-state index in [4.69, 9.17) is 11.6 Å². The standard InChI is InChI=1S/C14H12BrClF3N5OS/c15-8-1-2-10(9(16)7-8)20-12(25)23-3-5-24(6-4-23)13-22-21-11(26-13)14(17,18)19/h1-2,7H,3-6H2,(H,20,25). The summed E-state index contributed by atoms with van der Waals surface area (Å²) in [5, 5.41) is 9.13. The summed E-state index contributed by atoms with van der Waals surface area (Å²) in [7, 11) is 0. The first-order valence-electron chi connectivity index (χ1n) is 7.40. The first-order valence-corrected chi connectivity index (χ1v) is 9.39. The fourth-order valence-electron chi connectivity index (χ4n) is 2.34. The van der Waals surface area contributed by atoms with Crippen molar-refractivity contribution in [3.8, 4) is 0 Å². The lowest BCUT2D eigenvalue weighted by atomic mass is 10.3. The number of piperazine rings is 1. The second-order valence-electron chi connectivity index (χ2n) is 5.42. The normalized spacial score (nSPS) is 15.3. The number of carbonyl (C=O) groups is 1. The Labute approximate surface area is 164 Å². The van der Waals surface area contributed by atoms with Gasteiger partial charge in [0.15, 0.2) is 0 Å². The van der Waals surface area contributed by atoms with E-state index in [9.17, 15) is 18.0 Å². The van der Waals surface area contributed by atoms with Gasteiger partial charge >= 0.3 is 12.2 Å². The molecule has 2 heterocycles. The zero-order valence-corrected chi connectivity index (χ0v) is 16.2. The number of nitrogens with zero attached hydrogens (tertiary/aromatic N) is 4. The number of nitrogens with one attached hydrogen (secondary N) is 1. The second kappa shape index (κ2) is 7.57. The van der Waals surface area contributed by atoms with Crippen molar-refractivity contribution in [1.29, 1.82) is 0 Å². The average Bonchev–Trinajstić information content (AvgIpc) is 3.08. The molecule has 1 aliphatic rings. The van der Waals surface area contributed by atoms with Crippen LogP contribution in [0.1, 0.15) is 5.01 Å². The van der Waals surface area contributed by atoms with Gasteiger partial charge in [0.05, 0.1) is 10.7 Å². The highest BCUT2D eigenvalue weighted by molar-refractivity contribution is 9.10. The first-order chi connectivity index (χ1) is 12.2. The lowest BCUT2D eigenvalue weighted by molar-refractivity contribution is -0.138. The number of anilines is 2. The molecule has 1 fully saturated rings. The molecule has 0 atom stereocenters. The molecule has 1 N–H and O–H groups in total. The Morgan fingerprint density at radius 2 is 1.92 bits per heavy atom. The Morgan fingerprint density at radius 1 is 1.23 bits per heavy atom. The van der Waals surface area contributed by atoms with Crippen molar-refractivity contribution in [2.75, 3.05) is 36.4 Å². The van der Waals surface area contributed by atoms with E-state index in [1.54, 1.807) is 28.0 Å². The van der Waals surface area contributed by atoms with Gasteiger partial charge in [0.2, 0.25) is 10.1 Å². The number of carbonyl (C=O) groups excluding carboxylic acids is 1. The summed E-state index contributed by atoms with van der Waals surface area (Å²) in [6, 6.07) is 4.79. The average molecular weight is 471 g/mol. The maximum absolute atomic E-state index is 12.6. The number of alkyl halides is 3. The largest absolute Gasteiger partial charge is 0.445 e. The highest BCUT2D eigenvalue weighted by atomic mass is 79.9. The zero-order chi connectivity index (χ0) is 18.9. The van der Waals surface area contributed by atoms with Crippen LogP contribution in [0.15, 0.2) is 22.7 Å². The summed E-state index contributed by atoms with van der Waals surface area (Å²) in [6.07, 6.45) is -4.50. The number of benzene rings is 1. The predicted octanol–water partition coefficient (Wildman–Crippen LogP) is 4.33. The van der Waals surface area contributed by atoms with E-state index >= 15 is 0 Å². The molecule has 1 aromatic carbocycles. The predicted molar refractivity (Wildman–Crippen MR) is 96.9 cm³/mol. The van der Waals surface area contributed by atoms with E-state index in [0.717, 1.165) is 4.47 Å². The smallest absolute Gasteiger partial charge is 0.343 e. The van der Waals surface area contributed by atoms with E-state index < -0.39 is 11.2 Å².